The summed E-state index contributed by atoms with van der Waals surface area (Å²) in [5, 5.41) is 18.8. The number of aryl methyl sites for hydroxylation is 3. The Hall–Kier alpha value is -8.86. The summed E-state index contributed by atoms with van der Waals surface area (Å²) in [5.74, 6) is -0.498. The normalized spacial score (nSPS) is 11.5. The number of halogens is 2. The molecule has 0 aliphatic carbocycles. The molecule has 4 N–H and O–H groups in total. The smallest absolute Gasteiger partial charge is 0.181 e. The van der Waals surface area contributed by atoms with Crippen molar-refractivity contribution in [1.82, 2.24) is 70.1 Å². The van der Waals surface area contributed by atoms with E-state index < -0.39 is 0 Å². The first kappa shape index (κ1) is 51.6. The third-order valence-corrected chi connectivity index (χ3v) is 13.3. The molecule has 0 aliphatic heterocycles. The molecule has 0 bridgehead atoms. The molecule has 0 atom stereocenters. The average Bonchev–Trinajstić information content (AvgIpc) is 4.35. The summed E-state index contributed by atoms with van der Waals surface area (Å²) in [6.07, 6.45) is 17.9. The first-order valence-corrected chi connectivity index (χ1v) is 25.9. The molecule has 12 aromatic rings. The van der Waals surface area contributed by atoms with Crippen molar-refractivity contribution in [3.8, 4) is 67.5 Å². The van der Waals surface area contributed by atoms with E-state index in [0.29, 0.717) is 11.3 Å². The fourth-order valence-electron chi connectivity index (χ4n) is 9.68. The van der Waals surface area contributed by atoms with Crippen molar-refractivity contribution in [2.45, 2.75) is 46.5 Å². The van der Waals surface area contributed by atoms with Gasteiger partial charge in [0.25, 0.3) is 0 Å². The predicted octanol–water partition coefficient (Wildman–Crippen LogP) is 13.1. The number of pyridine rings is 6. The number of benzene rings is 2. The number of aromatic nitrogens is 12. The predicted molar refractivity (Wildman–Crippen MR) is 305 cm³/mol. The van der Waals surface area contributed by atoms with Crippen LogP contribution in [0, 0.1) is 18.6 Å². The number of hydrogen-bond acceptors (Lipinski definition) is 10. The van der Waals surface area contributed by atoms with E-state index in [0.717, 1.165) is 156 Å². The molecule has 12 rings (SSSR count). The minimum atomic E-state index is -0.249. The molecule has 10 heterocycles. The maximum absolute atomic E-state index is 14.6. The molecule has 16 heteroatoms. The number of rotatable bonds is 14. The van der Waals surface area contributed by atoms with Crippen LogP contribution in [0.5, 0.6) is 0 Å². The summed E-state index contributed by atoms with van der Waals surface area (Å²) in [7, 11) is 8.18. The number of nitrogens with one attached hydrogen (secondary N) is 4. The maximum atomic E-state index is 14.6. The van der Waals surface area contributed by atoms with Crippen molar-refractivity contribution in [1.29, 1.82) is 0 Å². The second kappa shape index (κ2) is 22.9. The van der Waals surface area contributed by atoms with Gasteiger partial charge >= 0.3 is 0 Å². The van der Waals surface area contributed by atoms with Crippen molar-refractivity contribution in [2.24, 2.45) is 0 Å². The number of aromatic amines is 4. The second-order valence-electron chi connectivity index (χ2n) is 19.5. The SMILES string of the molecule is CC.CN(C)CCCc1cc(F)cc(-c2nccc3[nH]c(-c4[nH]nc5ncc(-c6ccncc6)cc45)cc23)c1.Cc1cncc(-c2cnc3n[nH]c(-c4cc5c(-c6cc(F)cc(CCCN(C)C)c6)nccc5[nH]4)c3c2)c1. The Morgan fingerprint density at radius 3 is 1.42 bits per heavy atom. The summed E-state index contributed by atoms with van der Waals surface area (Å²) in [4.78, 5) is 38.1. The van der Waals surface area contributed by atoms with Gasteiger partial charge in [0, 0.05) is 110 Å². The zero-order chi connectivity index (χ0) is 53.6. The molecule has 0 radical (unpaired) electrons. The Morgan fingerprint density at radius 1 is 0.455 bits per heavy atom. The van der Waals surface area contributed by atoms with Crippen LogP contribution < -0.4 is 0 Å². The summed E-state index contributed by atoms with van der Waals surface area (Å²) >= 11 is 0. The molecule has 14 nitrogen and oxygen atoms in total. The number of nitrogens with zero attached hydrogens (tertiary/aromatic N) is 10. The van der Waals surface area contributed by atoms with Gasteiger partial charge in [-0.05, 0) is 187 Å². The molecule has 10 aromatic heterocycles. The van der Waals surface area contributed by atoms with E-state index in [1.807, 2.05) is 122 Å². The summed E-state index contributed by atoms with van der Waals surface area (Å²) in [5.41, 5.74) is 16.5. The first-order valence-electron chi connectivity index (χ1n) is 25.9. The highest BCUT2D eigenvalue weighted by atomic mass is 19.1. The Bertz CT molecular complexity index is 3990. The standard InChI is InChI=1S/C30H28FN7.C29H26FN7.C2H6/c1-18-9-21(16-32-15-18)22-13-25-29(36-37-30(25)34-17-22)27-14-24-26(35-27)6-7-33-28(24)20-10-19(11-23(31)12-20)5-4-8-38(2)3;1-37(2)11-3-4-18-12-20(14-22(30)13-18)27-23-16-26(34-25(23)7-10-32-27)28-24-15-21(17-33-29(24)36-35-28)19-5-8-31-9-6-19;1-2/h6-7,9-17,35H,4-5,8H2,1-3H3,(H,34,36,37);5-10,12-17,34H,3-4,11H2,1-2H3,(H,33,35,36);1-2H3. The molecule has 0 saturated carbocycles. The monoisotopic (exact) mass is 1030 g/mol. The zero-order valence-corrected chi connectivity index (χ0v) is 44.2. The molecule has 0 saturated heterocycles. The Labute approximate surface area is 445 Å². The minimum Gasteiger partial charge on any atom is -0.353 e. The van der Waals surface area contributed by atoms with Crippen LogP contribution in [-0.4, -0.2) is 111 Å². The lowest BCUT2D eigenvalue weighted by molar-refractivity contribution is 0.400. The number of fused-ring (bicyclic) bond motifs is 4. The molecule has 77 heavy (non-hydrogen) atoms. The van der Waals surface area contributed by atoms with Gasteiger partial charge in [-0.25, -0.2) is 18.7 Å². The van der Waals surface area contributed by atoms with Crippen molar-refractivity contribution >= 4 is 43.9 Å². The lowest BCUT2D eigenvalue weighted by Crippen LogP contribution is -2.13. The van der Waals surface area contributed by atoms with Crippen molar-refractivity contribution in [3.63, 3.8) is 0 Å². The first-order chi connectivity index (χ1) is 37.5. The van der Waals surface area contributed by atoms with Gasteiger partial charge < -0.3 is 19.8 Å². The maximum Gasteiger partial charge on any atom is 0.181 e. The topological polar surface area (TPSA) is 173 Å². The highest BCUT2D eigenvalue weighted by molar-refractivity contribution is 6.01. The van der Waals surface area contributed by atoms with E-state index in [1.54, 1.807) is 49.1 Å². The molecule has 388 valence electrons. The van der Waals surface area contributed by atoms with Gasteiger partial charge in [-0.1, -0.05) is 13.8 Å². The summed E-state index contributed by atoms with van der Waals surface area (Å²) in [6, 6.07) is 28.5. The van der Waals surface area contributed by atoms with Crippen LogP contribution in [0.2, 0.25) is 0 Å². The molecule has 0 fully saturated rings. The quantitative estimate of drug-likeness (QED) is 0.0821. The van der Waals surface area contributed by atoms with Gasteiger partial charge in [0.05, 0.1) is 34.2 Å². The van der Waals surface area contributed by atoms with E-state index in [2.05, 4.69) is 88.3 Å². The zero-order valence-electron chi connectivity index (χ0n) is 44.2. The van der Waals surface area contributed by atoms with E-state index in [4.69, 9.17) is 0 Å². The van der Waals surface area contributed by atoms with E-state index in [9.17, 15) is 8.78 Å². The van der Waals surface area contributed by atoms with Gasteiger partial charge in [0.2, 0.25) is 0 Å². The van der Waals surface area contributed by atoms with Crippen molar-refractivity contribution < 1.29 is 8.78 Å². The molecule has 0 spiro atoms. The van der Waals surface area contributed by atoms with E-state index in [-0.39, 0.29) is 11.6 Å². The van der Waals surface area contributed by atoms with Gasteiger partial charge in [-0.3, -0.25) is 30.1 Å². The molecular formula is C61H60F2N14. The molecule has 0 amide bonds. The van der Waals surface area contributed by atoms with E-state index in [1.165, 1.54) is 0 Å². The minimum absolute atomic E-state index is 0.249. The fourth-order valence-corrected chi connectivity index (χ4v) is 9.68. The van der Waals surface area contributed by atoms with Crippen LogP contribution in [0.4, 0.5) is 8.78 Å². The molecule has 0 unspecified atom stereocenters. The third kappa shape index (κ3) is 11.5. The van der Waals surface area contributed by atoms with Crippen LogP contribution >= 0.6 is 0 Å². The van der Waals surface area contributed by atoms with Gasteiger partial charge in [-0.2, -0.15) is 10.2 Å². The van der Waals surface area contributed by atoms with Crippen molar-refractivity contribution in [3.05, 3.63) is 169 Å². The summed E-state index contributed by atoms with van der Waals surface area (Å²) < 4.78 is 29.2. The highest BCUT2D eigenvalue weighted by Gasteiger charge is 2.19. The lowest BCUT2D eigenvalue weighted by Gasteiger charge is -2.10. The Balaban J connectivity index is 0.000000169. The fraction of sp³-hybridized carbons (Fsp3) is 0.213. The average molecular weight is 1030 g/mol. The van der Waals surface area contributed by atoms with Gasteiger partial charge in [0.15, 0.2) is 11.3 Å². The Morgan fingerprint density at radius 2 is 0.935 bits per heavy atom. The largest absolute Gasteiger partial charge is 0.353 e. The Kier molecular flexibility index (Phi) is 15.4. The van der Waals surface area contributed by atoms with Crippen molar-refractivity contribution in [2.75, 3.05) is 41.3 Å². The highest BCUT2D eigenvalue weighted by Crippen LogP contribution is 2.37. The summed E-state index contributed by atoms with van der Waals surface area (Å²) in [6.45, 7) is 7.93. The molecule has 0 aliphatic rings. The van der Waals surface area contributed by atoms with Gasteiger partial charge in [-0.15, -0.1) is 0 Å². The second-order valence-corrected chi connectivity index (χ2v) is 19.5. The van der Waals surface area contributed by atoms with Gasteiger partial charge in [0.1, 0.15) is 11.6 Å². The number of hydrogen-bond donors (Lipinski definition) is 4. The van der Waals surface area contributed by atoms with Crippen LogP contribution in [0.1, 0.15) is 43.4 Å². The molecular weight excluding hydrogens is 967 g/mol. The molecule has 2 aromatic carbocycles. The number of H-pyrrole nitrogens is 4. The third-order valence-electron chi connectivity index (χ3n) is 13.3. The van der Waals surface area contributed by atoms with Crippen LogP contribution in [0.25, 0.3) is 111 Å². The van der Waals surface area contributed by atoms with Crippen LogP contribution in [0.3, 0.4) is 0 Å². The van der Waals surface area contributed by atoms with Crippen LogP contribution in [0.15, 0.2) is 141 Å². The van der Waals surface area contributed by atoms with Crippen LogP contribution in [-0.2, 0) is 12.8 Å². The van der Waals surface area contributed by atoms with E-state index >= 15 is 0 Å². The lowest BCUT2D eigenvalue weighted by atomic mass is 10.0.